The lowest BCUT2D eigenvalue weighted by Crippen LogP contribution is -2.39. The van der Waals surface area contributed by atoms with Gasteiger partial charge in [-0.1, -0.05) is 72.8 Å². The fraction of sp³-hybridized carbons (Fsp3) is 0.192. The highest BCUT2D eigenvalue weighted by Gasteiger charge is 2.27. The zero-order valence-electron chi connectivity index (χ0n) is 39.2. The van der Waals surface area contributed by atoms with Crippen LogP contribution in [0.3, 0.4) is 0 Å². The van der Waals surface area contributed by atoms with E-state index in [1.807, 2.05) is 12.1 Å². The Bertz CT molecular complexity index is 3210. The van der Waals surface area contributed by atoms with Crippen molar-refractivity contribution in [3.63, 3.8) is 0 Å². The SMILES string of the molecule is CCOC(=O)C=C(c1ccccc1)c1cc2cnc(N[C@@H](C)C(C)(C)O)nc2n1-c1c(F)cccc1F.CCOC(=O)C=C(c1ccccc1)c1cc2cnc(SOOC)nc2n1-c1c(F)cccc1F. The second kappa shape index (κ2) is 22.8. The van der Waals surface area contributed by atoms with Crippen LogP contribution in [-0.4, -0.2) is 78.1 Å². The van der Waals surface area contributed by atoms with Crippen molar-refractivity contribution in [1.29, 1.82) is 0 Å². The number of aromatic nitrogens is 6. The van der Waals surface area contributed by atoms with Gasteiger partial charge in [-0.15, -0.1) is 0 Å². The summed E-state index contributed by atoms with van der Waals surface area (Å²) in [6.07, 6.45) is 5.60. The number of ether oxygens (including phenoxy) is 2. The number of anilines is 1. The molecule has 0 aliphatic carbocycles. The van der Waals surface area contributed by atoms with E-state index in [0.29, 0.717) is 44.4 Å². The maximum atomic E-state index is 15.2. The van der Waals surface area contributed by atoms with E-state index in [1.54, 1.807) is 95.3 Å². The lowest BCUT2D eigenvalue weighted by Gasteiger charge is -2.26. The molecule has 1 atom stereocenters. The van der Waals surface area contributed by atoms with Crippen LogP contribution < -0.4 is 5.32 Å². The van der Waals surface area contributed by atoms with Crippen molar-refractivity contribution in [2.45, 2.75) is 51.4 Å². The molecule has 0 unspecified atom stereocenters. The van der Waals surface area contributed by atoms with E-state index in [-0.39, 0.29) is 47.0 Å². The molecule has 0 saturated heterocycles. The summed E-state index contributed by atoms with van der Waals surface area (Å²) in [5, 5.41) is 14.5. The maximum Gasteiger partial charge on any atom is 0.331 e. The van der Waals surface area contributed by atoms with Gasteiger partial charge in [-0.2, -0.15) is 9.32 Å². The molecule has 0 bridgehead atoms. The van der Waals surface area contributed by atoms with Crippen LogP contribution in [0.1, 0.15) is 57.1 Å². The zero-order valence-corrected chi connectivity index (χ0v) is 40.0. The molecule has 0 spiro atoms. The van der Waals surface area contributed by atoms with E-state index in [9.17, 15) is 14.7 Å². The van der Waals surface area contributed by atoms with E-state index < -0.39 is 46.9 Å². The van der Waals surface area contributed by atoms with Crippen LogP contribution in [0, 0.1) is 23.3 Å². The second-order valence-electron chi connectivity index (χ2n) is 16.0. The molecule has 8 rings (SSSR count). The molecule has 14 nitrogen and oxygen atoms in total. The van der Waals surface area contributed by atoms with Crippen LogP contribution in [0.5, 0.6) is 0 Å². The molecule has 0 aliphatic heterocycles. The summed E-state index contributed by atoms with van der Waals surface area (Å²) in [5.74, 6) is -4.24. The van der Waals surface area contributed by atoms with Crippen molar-refractivity contribution in [1.82, 2.24) is 29.1 Å². The van der Waals surface area contributed by atoms with Crippen molar-refractivity contribution in [2.24, 2.45) is 0 Å². The van der Waals surface area contributed by atoms with Crippen LogP contribution in [0.15, 0.2) is 139 Å². The summed E-state index contributed by atoms with van der Waals surface area (Å²) in [5.41, 5.74) is 1.35. The van der Waals surface area contributed by atoms with Crippen LogP contribution in [0.2, 0.25) is 0 Å². The molecular formula is C52H47F4N7O7S. The molecular weight excluding hydrogens is 943 g/mol. The summed E-state index contributed by atoms with van der Waals surface area (Å²) in [4.78, 5) is 47.1. The number of nitrogens with zero attached hydrogens (tertiary/aromatic N) is 6. The Morgan fingerprint density at radius 2 is 1.13 bits per heavy atom. The maximum absolute atomic E-state index is 15.2. The van der Waals surface area contributed by atoms with E-state index in [4.69, 9.17) is 13.8 Å². The van der Waals surface area contributed by atoms with Crippen LogP contribution in [-0.2, 0) is 28.3 Å². The molecule has 71 heavy (non-hydrogen) atoms. The van der Waals surface area contributed by atoms with Crippen molar-refractivity contribution in [3.05, 3.63) is 180 Å². The van der Waals surface area contributed by atoms with Gasteiger partial charge in [-0.05, 0) is 82.1 Å². The number of nitrogens with one attached hydrogen (secondary N) is 1. The first-order valence-corrected chi connectivity index (χ1v) is 22.8. The molecule has 366 valence electrons. The quantitative estimate of drug-likeness (QED) is 0.0179. The van der Waals surface area contributed by atoms with Crippen molar-refractivity contribution < 1.29 is 51.0 Å². The summed E-state index contributed by atoms with van der Waals surface area (Å²) in [6.45, 7) is 8.78. The Morgan fingerprint density at radius 3 is 1.55 bits per heavy atom. The number of fused-ring (bicyclic) bond motifs is 2. The molecule has 0 fully saturated rings. The van der Waals surface area contributed by atoms with E-state index in [1.165, 1.54) is 52.9 Å². The van der Waals surface area contributed by atoms with Crippen LogP contribution in [0.25, 0.3) is 44.6 Å². The Balaban J connectivity index is 0.000000209. The molecule has 19 heteroatoms. The molecule has 2 N–H and O–H groups in total. The van der Waals surface area contributed by atoms with Gasteiger partial charge in [0.2, 0.25) is 11.1 Å². The predicted molar refractivity (Wildman–Crippen MR) is 261 cm³/mol. The highest BCUT2D eigenvalue weighted by Crippen LogP contribution is 2.36. The topological polar surface area (TPSA) is 165 Å². The number of para-hydroxylation sites is 2. The lowest BCUT2D eigenvalue weighted by molar-refractivity contribution is -0.160. The third-order valence-electron chi connectivity index (χ3n) is 10.8. The second-order valence-corrected chi connectivity index (χ2v) is 16.6. The number of hydrogen-bond donors (Lipinski definition) is 2. The van der Waals surface area contributed by atoms with E-state index in [2.05, 4.69) is 30.1 Å². The van der Waals surface area contributed by atoms with Gasteiger partial charge in [0.05, 0.1) is 43.4 Å². The Labute approximate surface area is 409 Å². The van der Waals surface area contributed by atoms with Crippen molar-refractivity contribution in [2.75, 3.05) is 25.6 Å². The first-order valence-electron chi connectivity index (χ1n) is 22.0. The number of aliphatic hydroxyl groups is 1. The number of halogens is 4. The largest absolute Gasteiger partial charge is 0.463 e. The van der Waals surface area contributed by atoms with Gasteiger partial charge < -0.3 is 19.9 Å². The molecule has 0 aliphatic rings. The van der Waals surface area contributed by atoms with Crippen molar-refractivity contribution >= 4 is 63.1 Å². The molecule has 8 aromatic rings. The normalized spacial score (nSPS) is 12.4. The highest BCUT2D eigenvalue weighted by atomic mass is 32.2. The molecule has 4 aromatic heterocycles. The van der Waals surface area contributed by atoms with Gasteiger partial charge in [0.25, 0.3) is 0 Å². The summed E-state index contributed by atoms with van der Waals surface area (Å²) >= 11 is 0.745. The Hall–Kier alpha value is -7.71. The van der Waals surface area contributed by atoms with Gasteiger partial charge in [0.1, 0.15) is 52.3 Å². The first kappa shape index (κ1) is 51.1. The van der Waals surface area contributed by atoms with Gasteiger partial charge >= 0.3 is 11.9 Å². The van der Waals surface area contributed by atoms with E-state index in [0.717, 1.165) is 36.3 Å². The van der Waals surface area contributed by atoms with Gasteiger partial charge in [-0.3, -0.25) is 9.13 Å². The van der Waals surface area contributed by atoms with Gasteiger partial charge in [-0.25, -0.2) is 47.0 Å². The lowest BCUT2D eigenvalue weighted by atomic mass is 10.0. The average Bonchev–Trinajstić information content (AvgIpc) is 3.90. The molecule has 4 heterocycles. The number of carbonyl (C=O) groups is 2. The third-order valence-corrected chi connectivity index (χ3v) is 11.3. The number of carbonyl (C=O) groups excluding carboxylic acids is 2. The number of rotatable bonds is 16. The smallest absolute Gasteiger partial charge is 0.331 e. The summed E-state index contributed by atoms with van der Waals surface area (Å²) in [6, 6.07) is 28.0. The Morgan fingerprint density at radius 1 is 0.690 bits per heavy atom. The van der Waals surface area contributed by atoms with Gasteiger partial charge in [0.15, 0.2) is 5.65 Å². The van der Waals surface area contributed by atoms with Gasteiger partial charge in [0, 0.05) is 46.5 Å². The summed E-state index contributed by atoms with van der Waals surface area (Å²) in [7, 11) is 1.33. The summed E-state index contributed by atoms with van der Waals surface area (Å²) < 4.78 is 78.1. The first-order chi connectivity index (χ1) is 34.1. The molecule has 0 saturated carbocycles. The monoisotopic (exact) mass is 989 g/mol. The predicted octanol–water partition coefficient (Wildman–Crippen LogP) is 10.5. The minimum Gasteiger partial charge on any atom is -0.463 e. The minimum absolute atomic E-state index is 0.160. The highest BCUT2D eigenvalue weighted by molar-refractivity contribution is 7.94. The van der Waals surface area contributed by atoms with E-state index >= 15 is 17.6 Å². The Kier molecular flexibility index (Phi) is 16.4. The van der Waals surface area contributed by atoms with Crippen LogP contribution >= 0.6 is 12.0 Å². The molecule has 0 radical (unpaired) electrons. The number of benzene rings is 4. The fourth-order valence-corrected chi connectivity index (χ4v) is 7.56. The number of hydrogen-bond acceptors (Lipinski definition) is 13. The zero-order chi connectivity index (χ0) is 50.8. The molecule has 4 aromatic carbocycles. The number of esters is 2. The van der Waals surface area contributed by atoms with Crippen LogP contribution in [0.4, 0.5) is 23.5 Å². The average molecular weight is 990 g/mol. The third kappa shape index (κ3) is 11.8. The fourth-order valence-electron chi connectivity index (χ4n) is 7.21. The standard InChI is InChI=1S/C28H28F2N4O3.C24H19F2N3O4S/c1-5-37-24(35)15-20(18-10-7-6-8-11-18)23-14-19-16-31-27(32-17(2)28(3,4)36)33-26(19)34(23)25-21(29)12-9-13-22(25)30;1-3-32-21(30)13-17(15-8-5-4-6-9-15)20-12-16-14-27-24(34-33-31-2)28-23(16)29(20)22-18(25)10-7-11-19(22)26/h6-17,36H,5H2,1-4H3,(H,31,32,33);4-14H,3H2,1-2H3/t17-;/m0./s1. The minimum atomic E-state index is -1.08. The van der Waals surface area contributed by atoms with Crippen molar-refractivity contribution in [3.8, 4) is 11.4 Å². The molecule has 0 amide bonds.